The summed E-state index contributed by atoms with van der Waals surface area (Å²) < 4.78 is 5.16. The van der Waals surface area contributed by atoms with Crippen molar-refractivity contribution in [1.29, 1.82) is 0 Å². The predicted molar refractivity (Wildman–Crippen MR) is 67.6 cm³/mol. The van der Waals surface area contributed by atoms with Crippen LogP contribution in [0.2, 0.25) is 0 Å². The number of likely N-dealkylation sites (tertiary alicyclic amines) is 1. The number of aromatic nitrogens is 2. The normalized spacial score (nSPS) is 27.6. The van der Waals surface area contributed by atoms with Gasteiger partial charge in [0.2, 0.25) is 11.8 Å². The SMILES string of the molecule is Cc1nnc(SCC(=O)N2CC[C@](C)(O)[C@@H](O)C2)o1. The summed E-state index contributed by atoms with van der Waals surface area (Å²) in [4.78, 5) is 13.5. The highest BCUT2D eigenvalue weighted by Crippen LogP contribution is 2.23. The molecule has 1 aromatic rings. The second-order valence-corrected chi connectivity index (χ2v) is 5.76. The number of thioether (sulfide) groups is 1. The van der Waals surface area contributed by atoms with Gasteiger partial charge in [0.25, 0.3) is 5.22 Å². The van der Waals surface area contributed by atoms with E-state index in [0.29, 0.717) is 24.1 Å². The van der Waals surface area contributed by atoms with Crippen LogP contribution in [0.1, 0.15) is 19.2 Å². The predicted octanol–water partition coefficient (Wildman–Crippen LogP) is -0.186. The van der Waals surface area contributed by atoms with Crippen LogP contribution in [0.4, 0.5) is 0 Å². The minimum Gasteiger partial charge on any atom is -0.416 e. The third-order valence-electron chi connectivity index (χ3n) is 3.18. The molecule has 2 rings (SSSR count). The van der Waals surface area contributed by atoms with Crippen LogP contribution in [0, 0.1) is 6.92 Å². The van der Waals surface area contributed by atoms with Crippen LogP contribution in [-0.4, -0.2) is 61.8 Å². The fourth-order valence-corrected chi connectivity index (χ4v) is 2.51. The molecule has 1 fully saturated rings. The zero-order chi connectivity index (χ0) is 14.0. The van der Waals surface area contributed by atoms with E-state index in [1.54, 1.807) is 18.7 Å². The van der Waals surface area contributed by atoms with E-state index in [1.165, 1.54) is 11.8 Å². The molecule has 0 aliphatic carbocycles. The summed E-state index contributed by atoms with van der Waals surface area (Å²) in [6.07, 6.45) is -0.551. The monoisotopic (exact) mass is 287 g/mol. The number of hydrogen-bond acceptors (Lipinski definition) is 7. The minimum atomic E-state index is -1.12. The number of amides is 1. The topological polar surface area (TPSA) is 99.7 Å². The summed E-state index contributed by atoms with van der Waals surface area (Å²) in [5.74, 6) is 0.519. The van der Waals surface area contributed by atoms with E-state index in [-0.39, 0.29) is 18.2 Å². The van der Waals surface area contributed by atoms with Crippen LogP contribution in [0.5, 0.6) is 0 Å². The number of nitrogens with zero attached hydrogens (tertiary/aromatic N) is 3. The third-order valence-corrected chi connectivity index (χ3v) is 3.98. The summed E-state index contributed by atoms with van der Waals surface area (Å²) in [5, 5.41) is 27.4. The number of aryl methyl sites for hydroxylation is 1. The molecule has 0 aromatic carbocycles. The highest BCUT2D eigenvalue weighted by molar-refractivity contribution is 7.99. The lowest BCUT2D eigenvalue weighted by Crippen LogP contribution is -2.55. The molecule has 2 atom stereocenters. The van der Waals surface area contributed by atoms with E-state index in [2.05, 4.69) is 10.2 Å². The lowest BCUT2D eigenvalue weighted by atomic mass is 9.91. The zero-order valence-electron chi connectivity index (χ0n) is 10.9. The van der Waals surface area contributed by atoms with Crippen LogP contribution >= 0.6 is 11.8 Å². The molecule has 7 nitrogen and oxygen atoms in total. The number of carbonyl (C=O) groups excluding carboxylic acids is 1. The van der Waals surface area contributed by atoms with Crippen molar-refractivity contribution in [3.8, 4) is 0 Å². The lowest BCUT2D eigenvalue weighted by Gasteiger charge is -2.39. The molecular weight excluding hydrogens is 270 g/mol. The Hall–Kier alpha value is -1.12. The molecule has 0 saturated carbocycles. The molecule has 1 aromatic heterocycles. The molecule has 1 aliphatic heterocycles. The number of aliphatic hydroxyl groups excluding tert-OH is 1. The van der Waals surface area contributed by atoms with Gasteiger partial charge < -0.3 is 19.5 Å². The molecule has 106 valence electrons. The molecule has 2 heterocycles. The van der Waals surface area contributed by atoms with E-state index >= 15 is 0 Å². The van der Waals surface area contributed by atoms with Gasteiger partial charge in [-0.1, -0.05) is 11.8 Å². The van der Waals surface area contributed by atoms with Crippen molar-refractivity contribution in [3.63, 3.8) is 0 Å². The molecule has 0 radical (unpaired) electrons. The van der Waals surface area contributed by atoms with Crippen LogP contribution in [0.25, 0.3) is 0 Å². The Labute approximate surface area is 115 Å². The number of piperidine rings is 1. The summed E-state index contributed by atoms with van der Waals surface area (Å²) >= 11 is 1.17. The molecule has 8 heteroatoms. The van der Waals surface area contributed by atoms with Gasteiger partial charge in [-0.2, -0.15) is 0 Å². The zero-order valence-corrected chi connectivity index (χ0v) is 11.7. The van der Waals surface area contributed by atoms with Crippen LogP contribution in [0.15, 0.2) is 9.64 Å². The average molecular weight is 287 g/mol. The molecule has 0 unspecified atom stereocenters. The highest BCUT2D eigenvalue weighted by Gasteiger charge is 2.37. The summed E-state index contributed by atoms with van der Waals surface area (Å²) in [5.41, 5.74) is -1.12. The van der Waals surface area contributed by atoms with E-state index < -0.39 is 11.7 Å². The molecule has 1 amide bonds. The summed E-state index contributed by atoms with van der Waals surface area (Å²) in [6, 6.07) is 0. The van der Waals surface area contributed by atoms with Gasteiger partial charge in [0.15, 0.2) is 0 Å². The Morgan fingerprint density at radius 1 is 1.63 bits per heavy atom. The minimum absolute atomic E-state index is 0.115. The first-order valence-corrected chi connectivity index (χ1v) is 6.98. The van der Waals surface area contributed by atoms with Gasteiger partial charge in [0.1, 0.15) is 0 Å². The fraction of sp³-hybridized carbons (Fsp3) is 0.727. The standard InChI is InChI=1S/C11H17N3O4S/c1-7-12-13-10(18-7)19-6-9(16)14-4-3-11(2,17)8(15)5-14/h8,15,17H,3-6H2,1-2H3/t8-,11-/m0/s1. The van der Waals surface area contributed by atoms with Gasteiger partial charge in [-0.25, -0.2) is 0 Å². The van der Waals surface area contributed by atoms with Crippen molar-refractivity contribution < 1.29 is 19.4 Å². The summed E-state index contributed by atoms with van der Waals surface area (Å²) in [7, 11) is 0. The lowest BCUT2D eigenvalue weighted by molar-refractivity contribution is -0.143. The van der Waals surface area contributed by atoms with Gasteiger partial charge in [0, 0.05) is 20.0 Å². The van der Waals surface area contributed by atoms with Crippen molar-refractivity contribution in [1.82, 2.24) is 15.1 Å². The largest absolute Gasteiger partial charge is 0.416 e. The fourth-order valence-electron chi connectivity index (χ4n) is 1.80. The van der Waals surface area contributed by atoms with Crippen molar-refractivity contribution >= 4 is 17.7 Å². The second kappa shape index (κ2) is 5.48. The van der Waals surface area contributed by atoms with E-state index in [9.17, 15) is 15.0 Å². The number of aliphatic hydroxyl groups is 2. The van der Waals surface area contributed by atoms with Gasteiger partial charge in [-0.15, -0.1) is 10.2 Å². The Kier molecular flexibility index (Phi) is 4.12. The Bertz CT molecular complexity index is 463. The molecule has 19 heavy (non-hydrogen) atoms. The van der Waals surface area contributed by atoms with Gasteiger partial charge >= 0.3 is 0 Å². The first kappa shape index (κ1) is 14.3. The second-order valence-electron chi connectivity index (χ2n) is 4.84. The maximum Gasteiger partial charge on any atom is 0.277 e. The van der Waals surface area contributed by atoms with Crippen LogP contribution < -0.4 is 0 Å². The Morgan fingerprint density at radius 3 is 2.95 bits per heavy atom. The quantitative estimate of drug-likeness (QED) is 0.743. The van der Waals surface area contributed by atoms with E-state index in [0.717, 1.165) is 0 Å². The number of hydrogen-bond donors (Lipinski definition) is 2. The van der Waals surface area contributed by atoms with Gasteiger partial charge in [0.05, 0.1) is 17.5 Å². The van der Waals surface area contributed by atoms with Gasteiger partial charge in [-0.05, 0) is 13.3 Å². The van der Waals surface area contributed by atoms with Gasteiger partial charge in [-0.3, -0.25) is 4.79 Å². The van der Waals surface area contributed by atoms with Crippen molar-refractivity contribution in [3.05, 3.63) is 5.89 Å². The Balaban J connectivity index is 1.84. The molecule has 0 spiro atoms. The number of carbonyl (C=O) groups is 1. The molecule has 0 bridgehead atoms. The molecular formula is C11H17N3O4S. The number of β-amino-alcohol motifs (C(OH)–C–C–N with tert-alkyl or cyclic N) is 1. The van der Waals surface area contributed by atoms with Crippen LogP contribution in [-0.2, 0) is 4.79 Å². The van der Waals surface area contributed by atoms with E-state index in [4.69, 9.17) is 4.42 Å². The maximum absolute atomic E-state index is 12.0. The molecule has 1 aliphatic rings. The Morgan fingerprint density at radius 2 is 2.37 bits per heavy atom. The third kappa shape index (κ3) is 3.46. The molecule has 2 N–H and O–H groups in total. The van der Waals surface area contributed by atoms with Crippen molar-refractivity contribution in [2.45, 2.75) is 37.2 Å². The average Bonchev–Trinajstić information content (AvgIpc) is 2.76. The summed E-state index contributed by atoms with van der Waals surface area (Å²) in [6.45, 7) is 3.85. The maximum atomic E-state index is 12.0. The van der Waals surface area contributed by atoms with E-state index in [1.807, 2.05) is 0 Å². The van der Waals surface area contributed by atoms with Crippen molar-refractivity contribution in [2.75, 3.05) is 18.8 Å². The molecule has 1 saturated heterocycles. The van der Waals surface area contributed by atoms with Crippen LogP contribution in [0.3, 0.4) is 0 Å². The van der Waals surface area contributed by atoms with Crippen molar-refractivity contribution in [2.24, 2.45) is 0 Å². The first-order chi connectivity index (χ1) is 8.88. The number of rotatable bonds is 3. The smallest absolute Gasteiger partial charge is 0.277 e. The highest BCUT2D eigenvalue weighted by atomic mass is 32.2. The first-order valence-electron chi connectivity index (χ1n) is 5.99.